The summed E-state index contributed by atoms with van der Waals surface area (Å²) in [6.07, 6.45) is 0.649. The zero-order valence-corrected chi connectivity index (χ0v) is 19.2. The summed E-state index contributed by atoms with van der Waals surface area (Å²) in [5, 5.41) is 0. The van der Waals surface area contributed by atoms with E-state index in [2.05, 4.69) is 39.8 Å². The molecule has 0 saturated carbocycles. The van der Waals surface area contributed by atoms with Crippen molar-refractivity contribution in [1.29, 1.82) is 0 Å². The molecule has 2 aromatic carbocycles. The van der Waals surface area contributed by atoms with Gasteiger partial charge in [0.15, 0.2) is 6.29 Å². The summed E-state index contributed by atoms with van der Waals surface area (Å²) in [5.41, 5.74) is 7.37. The number of benzene rings is 2. The van der Waals surface area contributed by atoms with Crippen LogP contribution in [0, 0.1) is 5.92 Å². The van der Waals surface area contributed by atoms with Crippen molar-refractivity contribution in [2.45, 2.75) is 58.8 Å². The lowest BCUT2D eigenvalue weighted by molar-refractivity contribution is -0.0739. The minimum absolute atomic E-state index is 0.259. The molecule has 5 heteroatoms. The lowest BCUT2D eigenvalue weighted by Gasteiger charge is -2.32. The molecule has 5 nitrogen and oxygen atoms in total. The van der Waals surface area contributed by atoms with E-state index in [9.17, 15) is 0 Å². The molecule has 2 N–H and O–H groups in total. The molecule has 0 amide bonds. The van der Waals surface area contributed by atoms with Crippen molar-refractivity contribution < 1.29 is 18.9 Å². The monoisotopic (exact) mass is 415 g/mol. The second-order valence-corrected chi connectivity index (χ2v) is 8.66. The fourth-order valence-corrected chi connectivity index (χ4v) is 3.42. The highest BCUT2D eigenvalue weighted by Gasteiger charge is 2.27. The molecule has 0 fully saturated rings. The molecule has 0 aliphatic rings. The summed E-state index contributed by atoms with van der Waals surface area (Å²) >= 11 is 0. The summed E-state index contributed by atoms with van der Waals surface area (Å²) in [4.78, 5) is 0. The molecule has 2 unspecified atom stereocenters. The van der Waals surface area contributed by atoms with Crippen LogP contribution in [0.2, 0.25) is 0 Å². The Balaban J connectivity index is 1.85. The Morgan fingerprint density at radius 1 is 0.900 bits per heavy atom. The third kappa shape index (κ3) is 7.88. The first-order chi connectivity index (χ1) is 14.2. The van der Waals surface area contributed by atoms with Crippen molar-refractivity contribution in [3.05, 3.63) is 54.1 Å². The molecule has 0 bridgehead atoms. The van der Waals surface area contributed by atoms with Gasteiger partial charge in [-0.25, -0.2) is 0 Å². The summed E-state index contributed by atoms with van der Waals surface area (Å²) in [5.74, 6) is 3.19. The van der Waals surface area contributed by atoms with E-state index >= 15 is 0 Å². The third-order valence-electron chi connectivity index (χ3n) is 4.93. The van der Waals surface area contributed by atoms with E-state index in [0.717, 1.165) is 23.7 Å². The quantitative estimate of drug-likeness (QED) is 0.372. The predicted octanol–water partition coefficient (Wildman–Crippen LogP) is 5.38. The first-order valence-electron chi connectivity index (χ1n) is 10.6. The molecule has 30 heavy (non-hydrogen) atoms. The molecule has 0 saturated heterocycles. The number of nitrogens with two attached hydrogens (primary N) is 1. The maximum absolute atomic E-state index is 6.47. The zero-order valence-electron chi connectivity index (χ0n) is 19.2. The van der Waals surface area contributed by atoms with E-state index in [4.69, 9.17) is 24.7 Å². The van der Waals surface area contributed by atoms with Gasteiger partial charge < -0.3 is 24.7 Å². The van der Waals surface area contributed by atoms with Gasteiger partial charge in [-0.15, -0.1) is 0 Å². The normalized spacial score (nSPS) is 13.7. The van der Waals surface area contributed by atoms with Gasteiger partial charge in [-0.2, -0.15) is 0 Å². The first kappa shape index (κ1) is 24.0. The van der Waals surface area contributed by atoms with Crippen LogP contribution in [-0.2, 0) is 4.74 Å². The summed E-state index contributed by atoms with van der Waals surface area (Å²) < 4.78 is 22.5. The number of ether oxygens (including phenoxy) is 4. The molecule has 0 aliphatic heterocycles. The van der Waals surface area contributed by atoms with E-state index < -0.39 is 0 Å². The van der Waals surface area contributed by atoms with E-state index in [1.165, 1.54) is 5.56 Å². The van der Waals surface area contributed by atoms with Gasteiger partial charge in [0.2, 0.25) is 0 Å². The van der Waals surface area contributed by atoms with E-state index in [-0.39, 0.29) is 17.7 Å². The highest BCUT2D eigenvalue weighted by Crippen LogP contribution is 2.34. The Morgan fingerprint density at radius 2 is 1.57 bits per heavy atom. The second kappa shape index (κ2) is 11.2. The standard InChI is InChI=1S/C25H37NO4/c1-18(2)16-24(25(4,5)26)20-8-7-9-23(17-20)30-19(3)28-14-15-29-22-12-10-21(27-6)11-13-22/h7-13,17-19,24H,14-16,26H2,1-6H3. The van der Waals surface area contributed by atoms with E-state index in [1.54, 1.807) is 7.11 Å². The van der Waals surface area contributed by atoms with Gasteiger partial charge in [-0.1, -0.05) is 26.0 Å². The summed E-state index contributed by atoms with van der Waals surface area (Å²) in [6.45, 7) is 11.4. The summed E-state index contributed by atoms with van der Waals surface area (Å²) in [7, 11) is 1.64. The highest BCUT2D eigenvalue weighted by molar-refractivity contribution is 5.33. The first-order valence-corrected chi connectivity index (χ1v) is 10.6. The lowest BCUT2D eigenvalue weighted by Crippen LogP contribution is -2.40. The van der Waals surface area contributed by atoms with Crippen LogP contribution in [0.3, 0.4) is 0 Å². The van der Waals surface area contributed by atoms with Crippen LogP contribution in [0.1, 0.15) is 52.5 Å². The van der Waals surface area contributed by atoms with Gasteiger partial charge in [0.1, 0.15) is 23.9 Å². The second-order valence-electron chi connectivity index (χ2n) is 8.66. The molecular formula is C25H37NO4. The van der Waals surface area contributed by atoms with E-state index in [0.29, 0.717) is 19.1 Å². The SMILES string of the molecule is COc1ccc(OCCOC(C)Oc2cccc(C(CC(C)C)C(C)(C)N)c2)cc1. The third-order valence-corrected chi connectivity index (χ3v) is 4.93. The maximum Gasteiger partial charge on any atom is 0.197 e. The van der Waals surface area contributed by atoms with Crippen LogP contribution in [0.15, 0.2) is 48.5 Å². The fourth-order valence-electron chi connectivity index (χ4n) is 3.42. The average molecular weight is 416 g/mol. The molecule has 0 heterocycles. The van der Waals surface area contributed by atoms with E-state index in [1.807, 2.05) is 43.3 Å². The maximum atomic E-state index is 6.47. The van der Waals surface area contributed by atoms with Crippen molar-refractivity contribution in [3.63, 3.8) is 0 Å². The van der Waals surface area contributed by atoms with Crippen molar-refractivity contribution in [1.82, 2.24) is 0 Å². The van der Waals surface area contributed by atoms with Crippen LogP contribution in [-0.4, -0.2) is 32.2 Å². The molecule has 166 valence electrons. The zero-order chi connectivity index (χ0) is 22.1. The molecular weight excluding hydrogens is 378 g/mol. The highest BCUT2D eigenvalue weighted by atomic mass is 16.7. The molecule has 2 rings (SSSR count). The van der Waals surface area contributed by atoms with Gasteiger partial charge in [-0.3, -0.25) is 0 Å². The molecule has 0 radical (unpaired) electrons. The average Bonchev–Trinajstić information content (AvgIpc) is 2.69. The summed E-state index contributed by atoms with van der Waals surface area (Å²) in [6, 6.07) is 15.6. The van der Waals surface area contributed by atoms with Crippen molar-refractivity contribution in [3.8, 4) is 17.2 Å². The molecule has 2 atom stereocenters. The minimum Gasteiger partial charge on any atom is -0.497 e. The lowest BCUT2D eigenvalue weighted by atomic mass is 9.77. The largest absolute Gasteiger partial charge is 0.497 e. The number of hydrogen-bond acceptors (Lipinski definition) is 5. The van der Waals surface area contributed by atoms with Gasteiger partial charge in [-0.05, 0) is 75.1 Å². The Labute approximate surface area is 181 Å². The van der Waals surface area contributed by atoms with Crippen LogP contribution in [0.5, 0.6) is 17.2 Å². The van der Waals surface area contributed by atoms with Gasteiger partial charge in [0.25, 0.3) is 0 Å². The Bertz CT molecular complexity index is 752. The Morgan fingerprint density at radius 3 is 2.17 bits per heavy atom. The Hall–Kier alpha value is -2.24. The van der Waals surface area contributed by atoms with Crippen LogP contribution < -0.4 is 19.9 Å². The van der Waals surface area contributed by atoms with Crippen molar-refractivity contribution >= 4 is 0 Å². The van der Waals surface area contributed by atoms with Crippen LogP contribution in [0.4, 0.5) is 0 Å². The smallest absolute Gasteiger partial charge is 0.197 e. The number of methoxy groups -OCH3 is 1. The molecule has 0 aliphatic carbocycles. The van der Waals surface area contributed by atoms with Gasteiger partial charge >= 0.3 is 0 Å². The van der Waals surface area contributed by atoms with Gasteiger partial charge in [0, 0.05) is 11.5 Å². The molecule has 0 aromatic heterocycles. The molecule has 2 aromatic rings. The molecule has 0 spiro atoms. The minimum atomic E-state index is -0.380. The van der Waals surface area contributed by atoms with Crippen LogP contribution in [0.25, 0.3) is 0 Å². The van der Waals surface area contributed by atoms with Gasteiger partial charge in [0.05, 0.1) is 13.7 Å². The topological polar surface area (TPSA) is 62.9 Å². The van der Waals surface area contributed by atoms with Crippen molar-refractivity contribution in [2.24, 2.45) is 11.7 Å². The number of rotatable bonds is 12. The predicted molar refractivity (Wildman–Crippen MR) is 121 cm³/mol. The van der Waals surface area contributed by atoms with Crippen molar-refractivity contribution in [2.75, 3.05) is 20.3 Å². The Kier molecular flexibility index (Phi) is 9.00. The van der Waals surface area contributed by atoms with Crippen LogP contribution >= 0.6 is 0 Å². The number of hydrogen-bond donors (Lipinski definition) is 1. The fraction of sp³-hybridized carbons (Fsp3) is 0.520.